The van der Waals surface area contributed by atoms with Gasteiger partial charge in [0.15, 0.2) is 0 Å². The van der Waals surface area contributed by atoms with Crippen LogP contribution in [0.4, 0.5) is 5.69 Å². The monoisotopic (exact) mass is 330 g/mol. The summed E-state index contributed by atoms with van der Waals surface area (Å²) < 4.78 is 0.740. The predicted octanol–water partition coefficient (Wildman–Crippen LogP) is 4.76. The van der Waals surface area contributed by atoms with Gasteiger partial charge < -0.3 is 5.73 Å². The summed E-state index contributed by atoms with van der Waals surface area (Å²) in [6, 6.07) is 3.80. The molecule has 1 aliphatic rings. The molecule has 0 bridgehead atoms. The van der Waals surface area contributed by atoms with Crippen LogP contribution in [0.3, 0.4) is 0 Å². The summed E-state index contributed by atoms with van der Waals surface area (Å²) in [6.45, 7) is 0. The number of nitrogens with two attached hydrogens (primary N) is 1. The Morgan fingerprint density at radius 1 is 1.24 bits per heavy atom. The van der Waals surface area contributed by atoms with Gasteiger partial charge in [-0.2, -0.15) is 0 Å². The highest BCUT2D eigenvalue weighted by molar-refractivity contribution is 9.10. The van der Waals surface area contributed by atoms with Gasteiger partial charge in [-0.05, 0) is 40.9 Å². The van der Waals surface area contributed by atoms with Crippen LogP contribution in [-0.4, -0.2) is 4.98 Å². The van der Waals surface area contributed by atoms with Crippen LogP contribution < -0.4 is 5.73 Å². The van der Waals surface area contributed by atoms with Crippen LogP contribution in [-0.2, 0) is 0 Å². The zero-order valence-electron chi connectivity index (χ0n) is 8.80. The minimum Gasteiger partial charge on any atom is -0.398 e. The molecule has 0 spiro atoms. The van der Waals surface area contributed by atoms with Crippen LogP contribution in [0.1, 0.15) is 24.5 Å². The first-order valence-electron chi connectivity index (χ1n) is 5.31. The molecular formula is C12H9BrCl2N2. The van der Waals surface area contributed by atoms with Gasteiger partial charge in [-0.15, -0.1) is 0 Å². The van der Waals surface area contributed by atoms with Gasteiger partial charge in [-0.1, -0.05) is 23.2 Å². The second-order valence-corrected chi connectivity index (χ2v) is 5.90. The van der Waals surface area contributed by atoms with Crippen molar-refractivity contribution in [2.24, 2.45) is 0 Å². The lowest BCUT2D eigenvalue weighted by atomic mass is 10.1. The Morgan fingerprint density at radius 3 is 2.59 bits per heavy atom. The first-order valence-corrected chi connectivity index (χ1v) is 6.86. The largest absolute Gasteiger partial charge is 0.398 e. The zero-order valence-corrected chi connectivity index (χ0v) is 11.9. The van der Waals surface area contributed by atoms with Crippen LogP contribution in [0.25, 0.3) is 10.9 Å². The molecular weight excluding hydrogens is 323 g/mol. The smallest absolute Gasteiger partial charge is 0.0928 e. The molecule has 1 aliphatic carbocycles. The van der Waals surface area contributed by atoms with Crippen molar-refractivity contribution in [2.45, 2.75) is 18.8 Å². The molecule has 0 atom stereocenters. The molecule has 1 aromatic heterocycles. The normalized spacial score (nSPS) is 15.5. The van der Waals surface area contributed by atoms with Crippen LogP contribution >= 0.6 is 39.1 Å². The topological polar surface area (TPSA) is 38.9 Å². The first-order chi connectivity index (χ1) is 8.08. The lowest BCUT2D eigenvalue weighted by Gasteiger charge is -2.09. The molecule has 1 saturated carbocycles. The Balaban J connectivity index is 2.36. The highest BCUT2D eigenvalue weighted by atomic mass is 79.9. The maximum atomic E-state index is 6.22. The summed E-state index contributed by atoms with van der Waals surface area (Å²) >= 11 is 15.7. The molecule has 2 nitrogen and oxygen atoms in total. The molecule has 5 heteroatoms. The third kappa shape index (κ3) is 1.90. The van der Waals surface area contributed by atoms with Gasteiger partial charge in [-0.25, -0.2) is 0 Å². The van der Waals surface area contributed by atoms with E-state index in [0.29, 0.717) is 27.2 Å². The van der Waals surface area contributed by atoms with Crippen molar-refractivity contribution in [3.63, 3.8) is 0 Å². The standard InChI is InChI=1S/C12H9BrCl2N2/c13-7-3-6-8(16)4-9(5-1-2-5)17-12(6)11(15)10(7)14/h3-5H,1-2H2,(H2,16,17). The van der Waals surface area contributed by atoms with E-state index < -0.39 is 0 Å². The lowest BCUT2D eigenvalue weighted by Crippen LogP contribution is -1.95. The molecule has 17 heavy (non-hydrogen) atoms. The number of fused-ring (bicyclic) bond motifs is 1. The van der Waals surface area contributed by atoms with Gasteiger partial charge in [0.05, 0.1) is 15.6 Å². The van der Waals surface area contributed by atoms with Crippen molar-refractivity contribution >= 4 is 55.7 Å². The fourth-order valence-corrected chi connectivity index (χ4v) is 2.83. The SMILES string of the molecule is Nc1cc(C2CC2)nc2c(Cl)c(Cl)c(Br)cc12. The average molecular weight is 332 g/mol. The number of rotatable bonds is 1. The summed E-state index contributed by atoms with van der Waals surface area (Å²) in [7, 11) is 0. The number of nitrogens with zero attached hydrogens (tertiary/aromatic N) is 1. The van der Waals surface area contributed by atoms with Crippen LogP contribution in [0.2, 0.25) is 10.0 Å². The Labute approximate surface area is 117 Å². The Morgan fingerprint density at radius 2 is 1.94 bits per heavy atom. The molecule has 0 amide bonds. The fraction of sp³-hybridized carbons (Fsp3) is 0.250. The van der Waals surface area contributed by atoms with E-state index in [1.807, 2.05) is 12.1 Å². The van der Waals surface area contributed by atoms with Crippen LogP contribution in [0.15, 0.2) is 16.6 Å². The predicted molar refractivity (Wildman–Crippen MR) is 75.9 cm³/mol. The van der Waals surface area contributed by atoms with Gasteiger partial charge in [0, 0.05) is 27.2 Å². The van der Waals surface area contributed by atoms with E-state index in [9.17, 15) is 0 Å². The quantitative estimate of drug-likeness (QED) is 0.765. The van der Waals surface area contributed by atoms with Gasteiger partial charge in [-0.3, -0.25) is 4.98 Å². The summed E-state index contributed by atoms with van der Waals surface area (Å²) in [5, 5.41) is 1.79. The Bertz CT molecular complexity index is 624. The maximum Gasteiger partial charge on any atom is 0.0928 e. The molecule has 1 heterocycles. The second-order valence-electron chi connectivity index (χ2n) is 4.29. The van der Waals surface area contributed by atoms with Gasteiger partial charge in [0.2, 0.25) is 0 Å². The number of hydrogen-bond acceptors (Lipinski definition) is 2. The molecule has 1 aromatic carbocycles. The van der Waals surface area contributed by atoms with Gasteiger partial charge in [0.25, 0.3) is 0 Å². The van der Waals surface area contributed by atoms with E-state index >= 15 is 0 Å². The number of nitrogen functional groups attached to an aromatic ring is 1. The third-order valence-electron chi connectivity index (χ3n) is 2.99. The van der Waals surface area contributed by atoms with E-state index in [1.165, 1.54) is 12.8 Å². The van der Waals surface area contributed by atoms with Crippen LogP contribution in [0.5, 0.6) is 0 Å². The highest BCUT2D eigenvalue weighted by Crippen LogP contribution is 2.43. The number of aromatic nitrogens is 1. The molecule has 88 valence electrons. The van der Waals surface area contributed by atoms with E-state index in [0.717, 1.165) is 15.6 Å². The fourth-order valence-electron chi connectivity index (χ4n) is 1.90. The third-order valence-corrected chi connectivity index (χ3v) is 4.70. The molecule has 0 unspecified atom stereocenters. The average Bonchev–Trinajstić information content (AvgIpc) is 3.11. The van der Waals surface area contributed by atoms with Gasteiger partial charge >= 0.3 is 0 Å². The van der Waals surface area contributed by atoms with Crippen molar-refractivity contribution in [1.82, 2.24) is 4.98 Å². The maximum absolute atomic E-state index is 6.22. The number of hydrogen-bond donors (Lipinski definition) is 1. The van der Waals surface area contributed by atoms with Crippen molar-refractivity contribution in [2.75, 3.05) is 5.73 Å². The number of anilines is 1. The van der Waals surface area contributed by atoms with Crippen molar-refractivity contribution < 1.29 is 0 Å². The van der Waals surface area contributed by atoms with E-state index in [1.54, 1.807) is 0 Å². The minimum atomic E-state index is 0.463. The highest BCUT2D eigenvalue weighted by Gasteiger charge is 2.26. The Kier molecular flexibility index (Phi) is 2.73. The first kappa shape index (κ1) is 11.6. The number of halogens is 3. The lowest BCUT2D eigenvalue weighted by molar-refractivity contribution is 1.05. The summed E-state index contributed by atoms with van der Waals surface area (Å²) in [6.07, 6.45) is 2.36. The summed E-state index contributed by atoms with van der Waals surface area (Å²) in [4.78, 5) is 4.58. The zero-order chi connectivity index (χ0) is 12.2. The molecule has 1 fully saturated rings. The second kappa shape index (κ2) is 4.01. The summed E-state index contributed by atoms with van der Waals surface area (Å²) in [5.74, 6) is 0.542. The van der Waals surface area contributed by atoms with E-state index in [2.05, 4.69) is 20.9 Å². The van der Waals surface area contributed by atoms with Crippen molar-refractivity contribution in [3.05, 3.63) is 32.3 Å². The summed E-state index contributed by atoms with van der Waals surface area (Å²) in [5.41, 5.74) is 8.47. The number of benzene rings is 1. The van der Waals surface area contributed by atoms with Crippen molar-refractivity contribution in [3.8, 4) is 0 Å². The van der Waals surface area contributed by atoms with Crippen molar-refractivity contribution in [1.29, 1.82) is 0 Å². The molecule has 0 radical (unpaired) electrons. The molecule has 0 aliphatic heterocycles. The Hall–Kier alpha value is -0.510. The molecule has 0 saturated heterocycles. The number of pyridine rings is 1. The molecule has 2 aromatic rings. The van der Waals surface area contributed by atoms with E-state index in [4.69, 9.17) is 28.9 Å². The van der Waals surface area contributed by atoms with Crippen LogP contribution in [0, 0.1) is 0 Å². The minimum absolute atomic E-state index is 0.463. The van der Waals surface area contributed by atoms with E-state index in [-0.39, 0.29) is 0 Å². The molecule has 2 N–H and O–H groups in total. The van der Waals surface area contributed by atoms with Gasteiger partial charge in [0.1, 0.15) is 0 Å². The molecule has 3 rings (SSSR count).